The van der Waals surface area contributed by atoms with Crippen LogP contribution in [0.1, 0.15) is 10.5 Å². The van der Waals surface area contributed by atoms with Crippen LogP contribution < -0.4 is 14.8 Å². The monoisotopic (exact) mass is 484 g/mol. The second-order valence-corrected chi connectivity index (χ2v) is 8.11. The highest BCUT2D eigenvalue weighted by atomic mass is 35.5. The molecule has 35 heavy (non-hydrogen) atoms. The molecule has 7 nitrogen and oxygen atoms in total. The van der Waals surface area contributed by atoms with Crippen molar-refractivity contribution in [2.45, 2.75) is 0 Å². The number of amides is 1. The molecule has 2 aromatic heterocycles. The van der Waals surface area contributed by atoms with Gasteiger partial charge in [0, 0.05) is 29.3 Å². The molecular weight excluding hydrogens is 464 g/mol. The molecule has 0 aliphatic carbocycles. The van der Waals surface area contributed by atoms with Gasteiger partial charge in [-0.2, -0.15) is 5.10 Å². The summed E-state index contributed by atoms with van der Waals surface area (Å²) in [5.74, 6) is 0.402. The molecule has 1 N–H and O–H groups in total. The lowest BCUT2D eigenvalue weighted by Crippen LogP contribution is -2.13. The van der Waals surface area contributed by atoms with E-state index in [4.69, 9.17) is 26.1 Å². The Labute approximate surface area is 206 Å². The second-order valence-electron chi connectivity index (χ2n) is 7.70. The van der Waals surface area contributed by atoms with Crippen molar-refractivity contribution in [3.05, 3.63) is 95.6 Å². The van der Waals surface area contributed by atoms with Gasteiger partial charge in [0.1, 0.15) is 11.5 Å². The van der Waals surface area contributed by atoms with Crippen LogP contribution >= 0.6 is 11.6 Å². The molecule has 0 unspecified atom stereocenters. The minimum Gasteiger partial charge on any atom is -0.495 e. The number of hydrogen-bond acceptors (Lipinski definition) is 5. The first-order valence-electron chi connectivity index (χ1n) is 10.8. The van der Waals surface area contributed by atoms with Crippen molar-refractivity contribution in [1.82, 2.24) is 14.6 Å². The molecule has 0 saturated heterocycles. The van der Waals surface area contributed by atoms with Crippen molar-refractivity contribution in [3.8, 4) is 34.0 Å². The van der Waals surface area contributed by atoms with Gasteiger partial charge in [-0.15, -0.1) is 0 Å². The molecule has 0 aliphatic rings. The van der Waals surface area contributed by atoms with E-state index in [0.717, 1.165) is 22.5 Å². The summed E-state index contributed by atoms with van der Waals surface area (Å²) in [6, 6.07) is 26.6. The standard InChI is InChI=1S/C27H21ClN4O3/c1-34-24-15-21(25(35-2)13-19(24)28)30-27(33)22-16-26-29-20(17-9-5-3-6-10-17)14-23(32(26)31-22)18-11-7-4-8-12-18/h3-16H,1-2H3,(H,30,33). The Bertz CT molecular complexity index is 1520. The second kappa shape index (κ2) is 9.48. The van der Waals surface area contributed by atoms with Crippen LogP contribution in [0, 0.1) is 0 Å². The van der Waals surface area contributed by atoms with E-state index in [9.17, 15) is 4.79 Å². The highest BCUT2D eigenvalue weighted by Crippen LogP contribution is 2.36. The average molecular weight is 485 g/mol. The van der Waals surface area contributed by atoms with Crippen LogP contribution in [-0.2, 0) is 0 Å². The van der Waals surface area contributed by atoms with Gasteiger partial charge >= 0.3 is 0 Å². The summed E-state index contributed by atoms with van der Waals surface area (Å²) in [7, 11) is 3.00. The molecule has 5 rings (SSSR count). The van der Waals surface area contributed by atoms with Gasteiger partial charge in [0.25, 0.3) is 5.91 Å². The third kappa shape index (κ3) is 4.41. The highest BCUT2D eigenvalue weighted by Gasteiger charge is 2.19. The first-order chi connectivity index (χ1) is 17.1. The molecule has 0 atom stereocenters. The third-order valence-corrected chi connectivity index (χ3v) is 5.82. The Morgan fingerprint density at radius 1 is 0.857 bits per heavy atom. The van der Waals surface area contributed by atoms with Gasteiger partial charge in [-0.1, -0.05) is 72.3 Å². The molecule has 2 heterocycles. The largest absolute Gasteiger partial charge is 0.495 e. The Balaban J connectivity index is 1.59. The van der Waals surface area contributed by atoms with E-state index in [-0.39, 0.29) is 5.69 Å². The summed E-state index contributed by atoms with van der Waals surface area (Å²) < 4.78 is 12.3. The number of carbonyl (C=O) groups excluding carboxylic acids is 1. The maximum Gasteiger partial charge on any atom is 0.276 e. The number of rotatable bonds is 6. The molecule has 174 valence electrons. The van der Waals surface area contributed by atoms with E-state index in [1.807, 2.05) is 66.7 Å². The summed E-state index contributed by atoms with van der Waals surface area (Å²) in [6.45, 7) is 0. The minimum absolute atomic E-state index is 0.205. The minimum atomic E-state index is -0.418. The smallest absolute Gasteiger partial charge is 0.276 e. The fraction of sp³-hybridized carbons (Fsp3) is 0.0741. The molecule has 0 radical (unpaired) electrons. The zero-order chi connectivity index (χ0) is 24.4. The Morgan fingerprint density at radius 3 is 2.17 bits per heavy atom. The Morgan fingerprint density at radius 2 is 1.51 bits per heavy atom. The van der Waals surface area contributed by atoms with Crippen molar-refractivity contribution in [1.29, 1.82) is 0 Å². The number of methoxy groups -OCH3 is 2. The highest BCUT2D eigenvalue weighted by molar-refractivity contribution is 6.32. The predicted octanol–water partition coefficient (Wildman–Crippen LogP) is 5.99. The van der Waals surface area contributed by atoms with E-state index in [1.165, 1.54) is 14.2 Å². The summed E-state index contributed by atoms with van der Waals surface area (Å²) >= 11 is 6.19. The van der Waals surface area contributed by atoms with Crippen LogP contribution in [0.15, 0.2) is 84.9 Å². The van der Waals surface area contributed by atoms with Crippen LogP contribution in [0.5, 0.6) is 11.5 Å². The third-order valence-electron chi connectivity index (χ3n) is 5.52. The van der Waals surface area contributed by atoms with Gasteiger partial charge in [-0.05, 0) is 6.07 Å². The fourth-order valence-electron chi connectivity index (χ4n) is 3.80. The van der Waals surface area contributed by atoms with E-state index in [0.29, 0.717) is 27.9 Å². The lowest BCUT2D eigenvalue weighted by atomic mass is 10.1. The lowest BCUT2D eigenvalue weighted by molar-refractivity contribution is 0.102. The number of nitrogens with one attached hydrogen (secondary N) is 1. The van der Waals surface area contributed by atoms with E-state index in [1.54, 1.807) is 22.7 Å². The van der Waals surface area contributed by atoms with Gasteiger partial charge in [0.15, 0.2) is 11.3 Å². The summed E-state index contributed by atoms with van der Waals surface area (Å²) in [5, 5.41) is 7.79. The summed E-state index contributed by atoms with van der Waals surface area (Å²) in [4.78, 5) is 18.0. The number of carbonyl (C=O) groups is 1. The van der Waals surface area contributed by atoms with Crippen molar-refractivity contribution < 1.29 is 14.3 Å². The molecule has 0 bridgehead atoms. The number of anilines is 1. The first-order valence-corrected chi connectivity index (χ1v) is 11.2. The molecular formula is C27H21ClN4O3. The zero-order valence-electron chi connectivity index (χ0n) is 19.0. The number of nitrogens with zero attached hydrogens (tertiary/aromatic N) is 3. The number of hydrogen-bond donors (Lipinski definition) is 1. The van der Waals surface area contributed by atoms with Gasteiger partial charge in [-0.25, -0.2) is 9.50 Å². The molecule has 8 heteroatoms. The maximum atomic E-state index is 13.2. The average Bonchev–Trinajstić information content (AvgIpc) is 3.34. The van der Waals surface area contributed by atoms with Crippen molar-refractivity contribution >= 4 is 28.8 Å². The number of benzene rings is 3. The van der Waals surface area contributed by atoms with Crippen LogP contribution in [0.25, 0.3) is 28.2 Å². The molecule has 0 aliphatic heterocycles. The van der Waals surface area contributed by atoms with E-state index in [2.05, 4.69) is 10.4 Å². The number of aromatic nitrogens is 3. The topological polar surface area (TPSA) is 77.8 Å². The van der Waals surface area contributed by atoms with Gasteiger partial charge in [0.05, 0.1) is 36.3 Å². The van der Waals surface area contributed by atoms with Gasteiger partial charge in [0.2, 0.25) is 0 Å². The Kier molecular flexibility index (Phi) is 6.08. The molecule has 3 aromatic carbocycles. The summed E-state index contributed by atoms with van der Waals surface area (Å²) in [5.41, 5.74) is 4.70. The van der Waals surface area contributed by atoms with Crippen LogP contribution in [0.3, 0.4) is 0 Å². The molecule has 0 fully saturated rings. The zero-order valence-corrected chi connectivity index (χ0v) is 19.8. The number of fused-ring (bicyclic) bond motifs is 1. The van der Waals surface area contributed by atoms with Gasteiger partial charge in [-0.3, -0.25) is 4.79 Å². The number of halogens is 1. The lowest BCUT2D eigenvalue weighted by Gasteiger charge is -2.12. The van der Waals surface area contributed by atoms with E-state index < -0.39 is 5.91 Å². The van der Waals surface area contributed by atoms with Crippen molar-refractivity contribution in [2.75, 3.05) is 19.5 Å². The predicted molar refractivity (Wildman–Crippen MR) is 136 cm³/mol. The van der Waals surface area contributed by atoms with Crippen LogP contribution in [0.4, 0.5) is 5.69 Å². The quantitative estimate of drug-likeness (QED) is 0.320. The van der Waals surface area contributed by atoms with Crippen LogP contribution in [0.2, 0.25) is 5.02 Å². The SMILES string of the molecule is COc1cc(NC(=O)c2cc3nc(-c4ccccc4)cc(-c4ccccc4)n3n2)c(OC)cc1Cl. The molecule has 5 aromatic rings. The molecule has 0 spiro atoms. The number of ether oxygens (including phenoxy) is 2. The maximum absolute atomic E-state index is 13.2. The van der Waals surface area contributed by atoms with E-state index >= 15 is 0 Å². The van der Waals surface area contributed by atoms with Gasteiger partial charge < -0.3 is 14.8 Å². The molecule has 1 amide bonds. The van der Waals surface area contributed by atoms with Crippen molar-refractivity contribution in [2.24, 2.45) is 0 Å². The normalized spacial score (nSPS) is 10.8. The molecule has 0 saturated carbocycles. The fourth-order valence-corrected chi connectivity index (χ4v) is 4.03. The first kappa shape index (κ1) is 22.4. The Hall–Kier alpha value is -4.36. The summed E-state index contributed by atoms with van der Waals surface area (Å²) in [6.07, 6.45) is 0. The van der Waals surface area contributed by atoms with Crippen molar-refractivity contribution in [3.63, 3.8) is 0 Å². The van der Waals surface area contributed by atoms with Crippen LogP contribution in [-0.4, -0.2) is 34.7 Å².